The number of carboxylic acid groups (broad SMARTS) is 1. The molecule has 94 valence electrons. The molecule has 6 nitrogen and oxygen atoms in total. The van der Waals surface area contributed by atoms with Gasteiger partial charge in [0.1, 0.15) is 5.75 Å². The average molecular weight is 256 g/mol. The molecule has 0 aliphatic rings. The van der Waals surface area contributed by atoms with Gasteiger partial charge < -0.3 is 31.4 Å². The second-order valence-electron chi connectivity index (χ2n) is 2.88. The molecule has 1 rings (SSSR count). The zero-order valence-electron chi connectivity index (χ0n) is 9.91. The van der Waals surface area contributed by atoms with E-state index in [2.05, 4.69) is 0 Å². The number of rotatable bonds is 3. The van der Waals surface area contributed by atoms with Gasteiger partial charge in [-0.25, -0.2) is 0 Å². The van der Waals surface area contributed by atoms with Crippen molar-refractivity contribution in [3.05, 3.63) is 29.3 Å². The van der Waals surface area contributed by atoms with E-state index < -0.39 is 5.97 Å². The van der Waals surface area contributed by atoms with Gasteiger partial charge in [-0.3, -0.25) is 0 Å². The number of aryl methyl sites for hydroxylation is 1. The monoisotopic (exact) mass is 256 g/mol. The molecule has 1 aromatic carbocycles. The van der Waals surface area contributed by atoms with E-state index in [0.29, 0.717) is 12.0 Å². The van der Waals surface area contributed by atoms with Crippen LogP contribution in [-0.4, -0.2) is 27.5 Å². The second kappa shape index (κ2) is 11.8. The van der Waals surface area contributed by atoms with Crippen LogP contribution in [0.25, 0.3) is 0 Å². The molecule has 0 aliphatic carbocycles. The summed E-state index contributed by atoms with van der Waals surface area (Å²) in [6.45, 7) is 1.95. The average Bonchev–Trinajstić information content (AvgIpc) is 2.04. The second-order valence-corrected chi connectivity index (χ2v) is 2.88. The molecule has 0 heterocycles. The first kappa shape index (κ1) is 25.3. The van der Waals surface area contributed by atoms with Gasteiger partial charge in [0.15, 0.2) is 0 Å². The van der Waals surface area contributed by atoms with Crippen LogP contribution in [0.15, 0.2) is 18.2 Å². The summed E-state index contributed by atoms with van der Waals surface area (Å²) in [6, 6.07) is 4.19. The summed E-state index contributed by atoms with van der Waals surface area (Å²) < 4.78 is 0. The van der Waals surface area contributed by atoms with Gasteiger partial charge in [-0.15, -0.1) is 0 Å². The Morgan fingerprint density at radius 2 is 1.82 bits per heavy atom. The predicted molar refractivity (Wildman–Crippen MR) is 57.3 cm³/mol. The molecule has 0 unspecified atom stereocenters. The van der Waals surface area contributed by atoms with E-state index in [4.69, 9.17) is 5.11 Å². The Morgan fingerprint density at radius 1 is 1.29 bits per heavy atom. The van der Waals surface area contributed by atoms with Crippen molar-refractivity contribution in [3.63, 3.8) is 0 Å². The van der Waals surface area contributed by atoms with Crippen molar-refractivity contribution in [1.29, 1.82) is 0 Å². The van der Waals surface area contributed by atoms with Gasteiger partial charge in [-0.1, -0.05) is 13.3 Å². The van der Waals surface area contributed by atoms with E-state index in [1.807, 2.05) is 6.92 Å². The quantitative estimate of drug-likeness (QED) is 0.539. The number of carboxylic acids is 1. The molecular weight excluding hydrogens is 239 g/mol. The van der Waals surface area contributed by atoms with Crippen molar-refractivity contribution < 1.29 is 61.0 Å². The molecule has 0 amide bonds. The molecule has 0 bridgehead atoms. The van der Waals surface area contributed by atoms with Crippen LogP contribution in [0.3, 0.4) is 0 Å². The fourth-order valence-corrected chi connectivity index (χ4v) is 1.26. The molecule has 7 heteroatoms. The van der Waals surface area contributed by atoms with Crippen molar-refractivity contribution in [2.45, 2.75) is 19.8 Å². The number of phenolic OH excluding ortho intramolecular Hbond substituents is 1. The molecule has 0 aromatic heterocycles. The fourth-order valence-electron chi connectivity index (χ4n) is 1.26. The Morgan fingerprint density at radius 3 is 2.24 bits per heavy atom. The van der Waals surface area contributed by atoms with E-state index in [0.717, 1.165) is 6.42 Å². The van der Waals surface area contributed by atoms with Crippen molar-refractivity contribution in [3.8, 4) is 5.75 Å². The van der Waals surface area contributed by atoms with Crippen LogP contribution in [0.4, 0.5) is 0 Å². The predicted octanol–water partition coefficient (Wildman–Crippen LogP) is -4.76. The molecular formula is C10H17NaO6. The van der Waals surface area contributed by atoms with Crippen LogP contribution in [0.2, 0.25) is 0 Å². The van der Waals surface area contributed by atoms with Crippen molar-refractivity contribution in [2.24, 2.45) is 0 Å². The number of benzene rings is 1. The standard InChI is InChI=1S/C10H12O3.Na.3H2O/c1-2-3-7-6-8(11)4-5-9(7)10(12)13;;;;/h4-6,11H,2-3H2,1H3,(H,12,13);;3*1H2/q;+1;;;/p-1. The van der Waals surface area contributed by atoms with Crippen LogP contribution in [0.1, 0.15) is 29.3 Å². The summed E-state index contributed by atoms with van der Waals surface area (Å²) in [7, 11) is 0. The summed E-state index contributed by atoms with van der Waals surface area (Å²) in [6.07, 6.45) is 1.47. The number of carbonyl (C=O) groups excluding carboxylic acids is 1. The third-order valence-electron chi connectivity index (χ3n) is 1.83. The van der Waals surface area contributed by atoms with Crippen molar-refractivity contribution in [1.82, 2.24) is 0 Å². The fraction of sp³-hybridized carbons (Fsp3) is 0.300. The Balaban J connectivity index is -0.000000211. The van der Waals surface area contributed by atoms with Gasteiger partial charge in [-0.05, 0) is 30.2 Å². The summed E-state index contributed by atoms with van der Waals surface area (Å²) in [5.74, 6) is -1.10. The molecule has 0 spiro atoms. The van der Waals surface area contributed by atoms with Crippen LogP contribution in [-0.2, 0) is 6.42 Å². The third-order valence-corrected chi connectivity index (χ3v) is 1.83. The largest absolute Gasteiger partial charge is 1.00 e. The summed E-state index contributed by atoms with van der Waals surface area (Å²) in [4.78, 5) is 10.6. The van der Waals surface area contributed by atoms with E-state index in [-0.39, 0.29) is 57.3 Å². The van der Waals surface area contributed by atoms with Crippen LogP contribution >= 0.6 is 0 Å². The van der Waals surface area contributed by atoms with E-state index in [9.17, 15) is 9.90 Å². The molecule has 0 fully saturated rings. The van der Waals surface area contributed by atoms with Crippen LogP contribution in [0.5, 0.6) is 5.75 Å². The number of aromatic hydroxyl groups is 1. The number of aromatic carboxylic acids is 1. The zero-order valence-corrected chi connectivity index (χ0v) is 11.9. The minimum absolute atomic E-state index is 0. The van der Waals surface area contributed by atoms with E-state index >= 15 is 0 Å². The topological polar surface area (TPSA) is 155 Å². The van der Waals surface area contributed by atoms with Gasteiger partial charge in [0.2, 0.25) is 0 Å². The third kappa shape index (κ3) is 7.32. The number of phenols is 1. The maximum absolute atomic E-state index is 10.6. The van der Waals surface area contributed by atoms with E-state index in [1.165, 1.54) is 18.2 Å². The first-order valence-electron chi connectivity index (χ1n) is 4.18. The van der Waals surface area contributed by atoms with E-state index in [1.54, 1.807) is 0 Å². The van der Waals surface area contributed by atoms with Gasteiger partial charge in [0, 0.05) is 5.56 Å². The summed E-state index contributed by atoms with van der Waals surface area (Å²) in [5.41, 5.74) is 0.794. The number of carbonyl (C=O) groups is 1. The molecule has 7 N–H and O–H groups in total. The van der Waals surface area contributed by atoms with Gasteiger partial charge in [-0.2, -0.15) is 0 Å². The molecule has 0 saturated carbocycles. The van der Waals surface area contributed by atoms with Gasteiger partial charge >= 0.3 is 29.6 Å². The Kier molecular flexibility index (Phi) is 17.6. The zero-order chi connectivity index (χ0) is 9.84. The summed E-state index contributed by atoms with van der Waals surface area (Å²) in [5, 5.41) is 19.7. The molecule has 0 radical (unpaired) electrons. The minimum atomic E-state index is -1.19. The maximum Gasteiger partial charge on any atom is 1.00 e. The van der Waals surface area contributed by atoms with Gasteiger partial charge in [0.05, 0.1) is 5.97 Å². The molecule has 0 atom stereocenters. The SMILES string of the molecule is CCCc1cc(O)ccc1C(=O)[O-].O.O.O.[Na+]. The van der Waals surface area contributed by atoms with Crippen LogP contribution < -0.4 is 34.7 Å². The van der Waals surface area contributed by atoms with Crippen LogP contribution in [0, 0.1) is 0 Å². The minimum Gasteiger partial charge on any atom is -0.545 e. The normalized spacial score (nSPS) is 7.59. The molecule has 0 saturated heterocycles. The first-order chi connectivity index (χ1) is 6.15. The number of hydrogen-bond donors (Lipinski definition) is 1. The smallest absolute Gasteiger partial charge is 0.545 e. The van der Waals surface area contributed by atoms with Gasteiger partial charge in [0.25, 0.3) is 0 Å². The maximum atomic E-state index is 10.6. The Labute approximate surface area is 121 Å². The first-order valence-corrected chi connectivity index (χ1v) is 4.18. The summed E-state index contributed by atoms with van der Waals surface area (Å²) >= 11 is 0. The molecule has 0 aliphatic heterocycles. The molecule has 1 aromatic rings. The van der Waals surface area contributed by atoms with Crippen molar-refractivity contribution in [2.75, 3.05) is 0 Å². The Bertz CT molecular complexity index is 329. The Hall–Kier alpha value is -0.630. The number of hydrogen-bond acceptors (Lipinski definition) is 3. The van der Waals surface area contributed by atoms with Crippen molar-refractivity contribution >= 4 is 5.97 Å². The molecule has 17 heavy (non-hydrogen) atoms.